The molecule has 6 nitrogen and oxygen atoms in total. The highest BCUT2D eigenvalue weighted by atomic mass is 16.5. The Kier molecular flexibility index (Phi) is 2.89. The van der Waals surface area contributed by atoms with Gasteiger partial charge in [0.25, 0.3) is 0 Å². The quantitative estimate of drug-likeness (QED) is 0.820. The Bertz CT molecular complexity index is 597. The number of nitrogens with two attached hydrogens (primary N) is 1. The Morgan fingerprint density at radius 1 is 1.56 bits per heavy atom. The first-order valence-electron chi connectivity index (χ1n) is 6.13. The van der Waals surface area contributed by atoms with Gasteiger partial charge in [-0.3, -0.25) is 4.40 Å². The van der Waals surface area contributed by atoms with Gasteiger partial charge < -0.3 is 10.5 Å². The largest absolute Gasteiger partial charge is 0.381 e. The number of nitrogens with zero attached hydrogens (tertiary/aromatic N) is 3. The zero-order valence-electron chi connectivity index (χ0n) is 10.0. The normalized spacial score (nSPS) is 21.5. The molecule has 2 atom stereocenters. The monoisotopic (exact) mass is 248 g/mol. The fourth-order valence-electron chi connectivity index (χ4n) is 2.33. The minimum absolute atomic E-state index is 0.0879. The maximum atomic E-state index is 12.1. The second-order valence-corrected chi connectivity index (χ2v) is 4.68. The molecule has 0 bridgehead atoms. The molecule has 1 fully saturated rings. The van der Waals surface area contributed by atoms with Gasteiger partial charge in [0.2, 0.25) is 0 Å². The molecule has 18 heavy (non-hydrogen) atoms. The lowest BCUT2D eigenvalue weighted by Gasteiger charge is -2.16. The maximum Gasteiger partial charge on any atom is 0.350 e. The van der Waals surface area contributed by atoms with Crippen LogP contribution in [0.25, 0.3) is 5.65 Å². The lowest BCUT2D eigenvalue weighted by molar-refractivity contribution is 0.178. The molecular formula is C12H16N4O2. The summed E-state index contributed by atoms with van der Waals surface area (Å²) in [6.07, 6.45) is 2.68. The van der Waals surface area contributed by atoms with Crippen LogP contribution in [0.3, 0.4) is 0 Å². The van der Waals surface area contributed by atoms with E-state index in [0.29, 0.717) is 24.7 Å². The number of rotatable bonds is 3. The highest BCUT2D eigenvalue weighted by Gasteiger charge is 2.24. The van der Waals surface area contributed by atoms with Crippen molar-refractivity contribution in [2.24, 2.45) is 11.7 Å². The Labute approximate surface area is 104 Å². The van der Waals surface area contributed by atoms with Crippen LogP contribution in [0.1, 0.15) is 6.42 Å². The lowest BCUT2D eigenvalue weighted by atomic mass is 10.0. The van der Waals surface area contributed by atoms with Gasteiger partial charge in [-0.15, -0.1) is 5.10 Å². The van der Waals surface area contributed by atoms with E-state index in [9.17, 15) is 4.79 Å². The minimum Gasteiger partial charge on any atom is -0.381 e. The van der Waals surface area contributed by atoms with Crippen LogP contribution in [-0.4, -0.2) is 33.4 Å². The first-order valence-corrected chi connectivity index (χ1v) is 6.13. The Hall–Kier alpha value is -1.66. The summed E-state index contributed by atoms with van der Waals surface area (Å²) < 4.78 is 8.28. The van der Waals surface area contributed by atoms with Crippen LogP contribution in [-0.2, 0) is 11.3 Å². The van der Waals surface area contributed by atoms with Crippen molar-refractivity contribution in [3.05, 3.63) is 34.9 Å². The second kappa shape index (κ2) is 4.55. The zero-order chi connectivity index (χ0) is 12.5. The van der Waals surface area contributed by atoms with Gasteiger partial charge in [-0.05, 0) is 18.6 Å². The number of aromatic nitrogens is 3. The van der Waals surface area contributed by atoms with Crippen molar-refractivity contribution in [2.45, 2.75) is 19.0 Å². The van der Waals surface area contributed by atoms with Crippen LogP contribution in [0, 0.1) is 5.92 Å². The topological polar surface area (TPSA) is 74.5 Å². The van der Waals surface area contributed by atoms with Gasteiger partial charge in [0.15, 0.2) is 5.65 Å². The molecular weight excluding hydrogens is 232 g/mol. The Balaban J connectivity index is 1.86. The number of fused-ring (bicyclic) bond motifs is 1. The molecule has 2 aromatic rings. The van der Waals surface area contributed by atoms with Gasteiger partial charge >= 0.3 is 5.69 Å². The molecule has 2 aromatic heterocycles. The average molecular weight is 248 g/mol. The van der Waals surface area contributed by atoms with Crippen LogP contribution in [0.5, 0.6) is 0 Å². The van der Waals surface area contributed by atoms with Crippen LogP contribution in [0.4, 0.5) is 0 Å². The molecule has 6 heteroatoms. The third-order valence-corrected chi connectivity index (χ3v) is 3.44. The summed E-state index contributed by atoms with van der Waals surface area (Å²) in [7, 11) is 0. The fraction of sp³-hybridized carbons (Fsp3) is 0.500. The van der Waals surface area contributed by atoms with Crippen LogP contribution in [0.2, 0.25) is 0 Å². The van der Waals surface area contributed by atoms with Crippen molar-refractivity contribution < 1.29 is 4.74 Å². The highest BCUT2D eigenvalue weighted by Crippen LogP contribution is 2.16. The molecule has 3 heterocycles. The van der Waals surface area contributed by atoms with Gasteiger partial charge in [0.05, 0.1) is 13.2 Å². The fourth-order valence-corrected chi connectivity index (χ4v) is 2.33. The van der Waals surface area contributed by atoms with Crippen molar-refractivity contribution in [3.63, 3.8) is 0 Å². The van der Waals surface area contributed by atoms with Crippen LogP contribution >= 0.6 is 0 Å². The average Bonchev–Trinajstić information content (AvgIpc) is 3.00. The summed E-state index contributed by atoms with van der Waals surface area (Å²) >= 11 is 0. The third kappa shape index (κ3) is 1.93. The predicted molar refractivity (Wildman–Crippen MR) is 66.4 cm³/mol. The van der Waals surface area contributed by atoms with Crippen molar-refractivity contribution in [1.82, 2.24) is 14.2 Å². The summed E-state index contributed by atoms with van der Waals surface area (Å²) in [5, 5.41) is 4.27. The number of hydrogen-bond donors (Lipinski definition) is 1. The molecule has 0 radical (unpaired) electrons. The molecule has 1 saturated heterocycles. The van der Waals surface area contributed by atoms with Crippen LogP contribution < -0.4 is 11.4 Å². The lowest BCUT2D eigenvalue weighted by Crippen LogP contribution is -2.38. The molecule has 0 saturated carbocycles. The summed E-state index contributed by atoms with van der Waals surface area (Å²) in [5.41, 5.74) is 6.62. The zero-order valence-corrected chi connectivity index (χ0v) is 10.0. The standard InChI is InChI=1S/C12H16N4O2/c13-10(9-4-6-18-8-9)7-16-12(17)15-5-2-1-3-11(15)14-16/h1-3,5,9-10H,4,6-8,13H2. The van der Waals surface area contributed by atoms with Crippen molar-refractivity contribution in [3.8, 4) is 0 Å². The first kappa shape index (κ1) is 11.4. The van der Waals surface area contributed by atoms with Crippen molar-refractivity contribution in [2.75, 3.05) is 13.2 Å². The van der Waals surface area contributed by atoms with Crippen molar-refractivity contribution in [1.29, 1.82) is 0 Å². The molecule has 0 aromatic carbocycles. The minimum atomic E-state index is -0.139. The predicted octanol–water partition coefficient (Wildman–Crippen LogP) is -0.140. The van der Waals surface area contributed by atoms with E-state index < -0.39 is 0 Å². The molecule has 96 valence electrons. The Morgan fingerprint density at radius 2 is 2.44 bits per heavy atom. The SMILES string of the molecule is NC(Cn1nc2ccccn2c1=O)C1CCOC1. The van der Waals surface area contributed by atoms with Crippen LogP contribution in [0.15, 0.2) is 29.2 Å². The third-order valence-electron chi connectivity index (χ3n) is 3.44. The first-order chi connectivity index (χ1) is 8.75. The van der Waals surface area contributed by atoms with Crippen molar-refractivity contribution >= 4 is 5.65 Å². The number of pyridine rings is 1. The molecule has 1 aliphatic heterocycles. The number of ether oxygens (including phenoxy) is 1. The molecule has 0 aliphatic carbocycles. The van der Waals surface area contributed by atoms with Gasteiger partial charge in [-0.25, -0.2) is 9.48 Å². The molecule has 3 rings (SSSR count). The summed E-state index contributed by atoms with van der Waals surface area (Å²) in [6, 6.07) is 5.39. The molecule has 1 aliphatic rings. The Morgan fingerprint density at radius 3 is 3.17 bits per heavy atom. The maximum absolute atomic E-state index is 12.1. The van der Waals surface area contributed by atoms with Gasteiger partial charge in [-0.2, -0.15) is 0 Å². The van der Waals surface area contributed by atoms with Gasteiger partial charge in [0.1, 0.15) is 0 Å². The van der Waals surface area contributed by atoms with E-state index in [4.69, 9.17) is 10.5 Å². The summed E-state index contributed by atoms with van der Waals surface area (Å²) in [4.78, 5) is 12.1. The molecule has 0 amide bonds. The van der Waals surface area contributed by atoms with E-state index in [2.05, 4.69) is 5.10 Å². The smallest absolute Gasteiger partial charge is 0.350 e. The molecule has 2 unspecified atom stereocenters. The number of hydrogen-bond acceptors (Lipinski definition) is 4. The summed E-state index contributed by atoms with van der Waals surface area (Å²) in [6.45, 7) is 1.89. The van der Waals surface area contributed by atoms with E-state index in [0.717, 1.165) is 13.0 Å². The van der Waals surface area contributed by atoms with E-state index in [1.807, 2.05) is 18.2 Å². The molecule has 0 spiro atoms. The second-order valence-electron chi connectivity index (χ2n) is 4.68. The highest BCUT2D eigenvalue weighted by molar-refractivity contribution is 5.35. The van der Waals surface area contributed by atoms with E-state index >= 15 is 0 Å². The van der Waals surface area contributed by atoms with E-state index in [-0.39, 0.29) is 11.7 Å². The van der Waals surface area contributed by atoms with Gasteiger partial charge in [-0.1, -0.05) is 6.07 Å². The van der Waals surface area contributed by atoms with E-state index in [1.165, 1.54) is 9.08 Å². The van der Waals surface area contributed by atoms with E-state index in [1.54, 1.807) is 6.20 Å². The van der Waals surface area contributed by atoms with Gasteiger partial charge in [0, 0.05) is 24.8 Å². The summed E-state index contributed by atoms with van der Waals surface area (Å²) in [5.74, 6) is 0.321. The molecule has 2 N–H and O–H groups in total.